The quantitative estimate of drug-likeness (QED) is 0.838. The van der Waals surface area contributed by atoms with Crippen molar-refractivity contribution in [2.24, 2.45) is 0 Å². The molecule has 26 heavy (non-hydrogen) atoms. The van der Waals surface area contributed by atoms with Gasteiger partial charge in [-0.15, -0.1) is 0 Å². The number of methoxy groups -OCH3 is 1. The van der Waals surface area contributed by atoms with Gasteiger partial charge in [0.05, 0.1) is 25.1 Å². The Morgan fingerprint density at radius 2 is 1.85 bits per heavy atom. The minimum absolute atomic E-state index is 0.155. The summed E-state index contributed by atoms with van der Waals surface area (Å²) < 4.78 is 10.9. The molecule has 138 valence electrons. The average molecular weight is 354 g/mol. The number of hydrogen-bond donors (Lipinski definition) is 1. The Bertz CT molecular complexity index is 755. The summed E-state index contributed by atoms with van der Waals surface area (Å²) in [6.07, 6.45) is 3.66. The third-order valence-corrected chi connectivity index (χ3v) is 4.57. The largest absolute Gasteiger partial charge is 0.493 e. The van der Waals surface area contributed by atoms with Gasteiger partial charge in [-0.25, -0.2) is 0 Å². The molecule has 1 saturated heterocycles. The molecular formula is C21H26N2O3. The maximum Gasteiger partial charge on any atom is 0.255 e. The zero-order chi connectivity index (χ0) is 18.4. The molecule has 5 heteroatoms. The lowest BCUT2D eigenvalue weighted by Crippen LogP contribution is -2.30. The van der Waals surface area contributed by atoms with E-state index in [1.54, 1.807) is 25.3 Å². The smallest absolute Gasteiger partial charge is 0.255 e. The van der Waals surface area contributed by atoms with Gasteiger partial charge in [0.25, 0.3) is 5.91 Å². The molecule has 0 spiro atoms. The Kier molecular flexibility index (Phi) is 6.00. The van der Waals surface area contributed by atoms with E-state index in [-0.39, 0.29) is 5.91 Å². The molecule has 1 aliphatic rings. The Hall–Kier alpha value is -2.69. The van der Waals surface area contributed by atoms with E-state index in [1.165, 1.54) is 19.3 Å². The summed E-state index contributed by atoms with van der Waals surface area (Å²) in [5.41, 5.74) is 2.47. The summed E-state index contributed by atoms with van der Waals surface area (Å²) in [4.78, 5) is 15.1. The molecule has 0 bridgehead atoms. The average Bonchev–Trinajstić information content (AvgIpc) is 2.69. The number of benzene rings is 2. The van der Waals surface area contributed by atoms with Crippen LogP contribution >= 0.6 is 0 Å². The van der Waals surface area contributed by atoms with Gasteiger partial charge in [-0.1, -0.05) is 12.1 Å². The zero-order valence-electron chi connectivity index (χ0n) is 15.5. The van der Waals surface area contributed by atoms with Gasteiger partial charge in [0.1, 0.15) is 0 Å². The first kappa shape index (κ1) is 18.1. The number of para-hydroxylation sites is 2. The Balaban J connectivity index is 1.81. The van der Waals surface area contributed by atoms with Crippen molar-refractivity contribution < 1.29 is 14.3 Å². The molecule has 1 amide bonds. The van der Waals surface area contributed by atoms with Crippen molar-refractivity contribution in [2.75, 3.05) is 37.0 Å². The molecular weight excluding hydrogens is 328 g/mol. The molecule has 5 nitrogen and oxygen atoms in total. The molecule has 1 aliphatic heterocycles. The van der Waals surface area contributed by atoms with Crippen LogP contribution in [0.2, 0.25) is 0 Å². The number of hydrogen-bond acceptors (Lipinski definition) is 4. The van der Waals surface area contributed by atoms with E-state index < -0.39 is 0 Å². The van der Waals surface area contributed by atoms with Crippen LogP contribution in [-0.2, 0) is 0 Å². The van der Waals surface area contributed by atoms with E-state index in [0.717, 1.165) is 24.5 Å². The molecule has 0 saturated carbocycles. The summed E-state index contributed by atoms with van der Waals surface area (Å²) >= 11 is 0. The van der Waals surface area contributed by atoms with E-state index in [4.69, 9.17) is 9.47 Å². The van der Waals surface area contributed by atoms with Crippen molar-refractivity contribution in [3.8, 4) is 11.5 Å². The highest BCUT2D eigenvalue weighted by Gasteiger charge is 2.17. The fourth-order valence-corrected chi connectivity index (χ4v) is 3.27. The van der Waals surface area contributed by atoms with Crippen molar-refractivity contribution in [1.82, 2.24) is 0 Å². The third kappa shape index (κ3) is 4.10. The number of amides is 1. The zero-order valence-corrected chi connectivity index (χ0v) is 15.5. The minimum Gasteiger partial charge on any atom is -0.493 e. The maximum atomic E-state index is 12.8. The van der Waals surface area contributed by atoms with Gasteiger partial charge in [0, 0.05) is 18.7 Å². The van der Waals surface area contributed by atoms with E-state index >= 15 is 0 Å². The van der Waals surface area contributed by atoms with Gasteiger partial charge in [-0.05, 0) is 56.5 Å². The lowest BCUT2D eigenvalue weighted by Gasteiger charge is -2.30. The fourth-order valence-electron chi connectivity index (χ4n) is 3.27. The van der Waals surface area contributed by atoms with Crippen molar-refractivity contribution in [1.29, 1.82) is 0 Å². The molecule has 1 heterocycles. The first-order valence-corrected chi connectivity index (χ1v) is 9.19. The van der Waals surface area contributed by atoms with Crippen LogP contribution in [0.5, 0.6) is 11.5 Å². The fraction of sp³-hybridized carbons (Fsp3) is 0.381. The predicted octanol–water partition coefficient (Wildman–Crippen LogP) is 4.34. The maximum absolute atomic E-state index is 12.8. The first-order chi connectivity index (χ1) is 12.7. The normalized spacial score (nSPS) is 14.0. The monoisotopic (exact) mass is 354 g/mol. The van der Waals surface area contributed by atoms with Crippen LogP contribution in [0, 0.1) is 0 Å². The van der Waals surface area contributed by atoms with Gasteiger partial charge < -0.3 is 19.7 Å². The second kappa shape index (κ2) is 8.61. The number of anilines is 2. The van der Waals surface area contributed by atoms with Crippen molar-refractivity contribution in [2.45, 2.75) is 26.2 Å². The Morgan fingerprint density at radius 1 is 1.08 bits per heavy atom. The summed E-state index contributed by atoms with van der Waals surface area (Å²) in [5.74, 6) is 1.04. The van der Waals surface area contributed by atoms with Crippen molar-refractivity contribution in [3.63, 3.8) is 0 Å². The number of nitrogens with zero attached hydrogens (tertiary/aromatic N) is 1. The summed E-state index contributed by atoms with van der Waals surface area (Å²) in [6.45, 7) is 4.48. The van der Waals surface area contributed by atoms with Crippen LogP contribution in [0.4, 0.5) is 11.4 Å². The molecule has 0 atom stereocenters. The molecule has 2 aromatic carbocycles. The van der Waals surface area contributed by atoms with Crippen LogP contribution in [0.25, 0.3) is 0 Å². The number of rotatable bonds is 6. The first-order valence-electron chi connectivity index (χ1n) is 9.19. The summed E-state index contributed by atoms with van der Waals surface area (Å²) in [7, 11) is 1.59. The summed E-state index contributed by atoms with van der Waals surface area (Å²) in [6, 6.07) is 13.2. The lowest BCUT2D eigenvalue weighted by atomic mass is 10.1. The van der Waals surface area contributed by atoms with Gasteiger partial charge >= 0.3 is 0 Å². The molecule has 1 fully saturated rings. The number of carbonyl (C=O) groups excluding carboxylic acids is 1. The van der Waals surface area contributed by atoms with Crippen molar-refractivity contribution in [3.05, 3.63) is 48.0 Å². The molecule has 3 rings (SSSR count). The minimum atomic E-state index is -0.155. The van der Waals surface area contributed by atoms with Gasteiger partial charge in [0.2, 0.25) is 0 Å². The van der Waals surface area contributed by atoms with Crippen LogP contribution in [0.1, 0.15) is 36.5 Å². The van der Waals surface area contributed by atoms with E-state index in [1.807, 2.05) is 25.1 Å². The Labute approximate surface area is 154 Å². The highest BCUT2D eigenvalue weighted by molar-refractivity contribution is 6.06. The van der Waals surface area contributed by atoms with Crippen molar-refractivity contribution >= 4 is 17.3 Å². The van der Waals surface area contributed by atoms with E-state index in [0.29, 0.717) is 23.7 Å². The SMILES string of the molecule is CCOc1cc(C(=O)Nc2ccccc2N2CCCCC2)ccc1OC. The molecule has 0 aromatic heterocycles. The van der Waals surface area contributed by atoms with Gasteiger partial charge in [0.15, 0.2) is 11.5 Å². The molecule has 0 unspecified atom stereocenters. The molecule has 0 aliphatic carbocycles. The van der Waals surface area contributed by atoms with E-state index in [2.05, 4.69) is 16.3 Å². The second-order valence-electron chi connectivity index (χ2n) is 6.32. The van der Waals surface area contributed by atoms with Crippen LogP contribution in [0.15, 0.2) is 42.5 Å². The number of nitrogens with one attached hydrogen (secondary N) is 1. The lowest BCUT2D eigenvalue weighted by molar-refractivity contribution is 0.102. The predicted molar refractivity (Wildman–Crippen MR) is 105 cm³/mol. The molecule has 1 N–H and O–H groups in total. The summed E-state index contributed by atoms with van der Waals surface area (Å²) in [5, 5.41) is 3.05. The topological polar surface area (TPSA) is 50.8 Å². The third-order valence-electron chi connectivity index (χ3n) is 4.57. The van der Waals surface area contributed by atoms with Crippen LogP contribution < -0.4 is 19.7 Å². The van der Waals surface area contributed by atoms with Crippen LogP contribution in [-0.4, -0.2) is 32.7 Å². The number of piperidine rings is 1. The highest BCUT2D eigenvalue weighted by atomic mass is 16.5. The second-order valence-corrected chi connectivity index (χ2v) is 6.32. The van der Waals surface area contributed by atoms with Crippen LogP contribution in [0.3, 0.4) is 0 Å². The molecule has 2 aromatic rings. The standard InChI is InChI=1S/C21H26N2O3/c1-3-26-20-15-16(11-12-19(20)25-2)21(24)22-17-9-5-6-10-18(17)23-13-7-4-8-14-23/h5-6,9-12,15H,3-4,7-8,13-14H2,1-2H3,(H,22,24). The highest BCUT2D eigenvalue weighted by Crippen LogP contribution is 2.31. The number of carbonyl (C=O) groups is 1. The number of ether oxygens (including phenoxy) is 2. The van der Waals surface area contributed by atoms with E-state index in [9.17, 15) is 4.79 Å². The van der Waals surface area contributed by atoms with Gasteiger partial charge in [-0.2, -0.15) is 0 Å². The molecule has 0 radical (unpaired) electrons. The Morgan fingerprint density at radius 3 is 2.58 bits per heavy atom. The van der Waals surface area contributed by atoms with Gasteiger partial charge in [-0.3, -0.25) is 4.79 Å².